The summed E-state index contributed by atoms with van der Waals surface area (Å²) < 4.78 is 5.78. The Kier molecular flexibility index (Phi) is 5.99. The van der Waals surface area contributed by atoms with E-state index in [1.54, 1.807) is 6.92 Å². The van der Waals surface area contributed by atoms with Crippen LogP contribution in [0.3, 0.4) is 0 Å². The van der Waals surface area contributed by atoms with Gasteiger partial charge in [0.05, 0.1) is 12.2 Å². The van der Waals surface area contributed by atoms with Gasteiger partial charge in [0.1, 0.15) is 17.2 Å². The fraction of sp³-hybridized carbons (Fsp3) is 0.273. The van der Waals surface area contributed by atoms with Crippen molar-refractivity contribution in [3.05, 3.63) is 76.3 Å². The molecule has 0 amide bonds. The van der Waals surface area contributed by atoms with Crippen LogP contribution in [-0.2, 0) is 5.41 Å². The zero-order valence-electron chi connectivity index (χ0n) is 16.2. The number of carbonyl (C=O) groups is 1. The van der Waals surface area contributed by atoms with Gasteiger partial charge in [0.2, 0.25) is 0 Å². The van der Waals surface area contributed by atoms with Crippen LogP contribution in [0.2, 0.25) is 0 Å². The molecule has 2 N–H and O–H groups in total. The van der Waals surface area contributed by atoms with Gasteiger partial charge in [0.15, 0.2) is 5.13 Å². The lowest BCUT2D eigenvalue weighted by Gasteiger charge is -2.26. The summed E-state index contributed by atoms with van der Waals surface area (Å²) in [5, 5.41) is 12.8. The molecule has 0 atom stereocenters. The van der Waals surface area contributed by atoms with Crippen LogP contribution in [0.4, 0.5) is 5.13 Å². The second-order valence-corrected chi connectivity index (χ2v) is 8.03. The van der Waals surface area contributed by atoms with Crippen molar-refractivity contribution in [1.82, 2.24) is 4.98 Å². The number of nitrogens with one attached hydrogen (secondary N) is 1. The van der Waals surface area contributed by atoms with Gasteiger partial charge in [-0.05, 0) is 30.2 Å². The van der Waals surface area contributed by atoms with E-state index in [9.17, 15) is 4.79 Å². The molecule has 3 aromatic rings. The SMILES string of the molecule is Cc1nc(NCCOc2ccc(C(C)(C)c3ccccc3)cc2)sc1C(=O)O. The Balaban J connectivity index is 1.54. The molecule has 0 saturated heterocycles. The zero-order chi connectivity index (χ0) is 20.1. The lowest BCUT2D eigenvalue weighted by Crippen LogP contribution is -2.18. The highest BCUT2D eigenvalue weighted by Gasteiger charge is 2.22. The van der Waals surface area contributed by atoms with E-state index < -0.39 is 5.97 Å². The third-order valence-corrected chi connectivity index (χ3v) is 5.81. The topological polar surface area (TPSA) is 71.5 Å². The van der Waals surface area contributed by atoms with Gasteiger partial charge in [0.25, 0.3) is 0 Å². The standard InChI is InChI=1S/C22H24N2O3S/c1-15-19(20(25)26)28-21(24-15)23-13-14-27-18-11-9-17(10-12-18)22(2,3)16-7-5-4-6-8-16/h4-12H,13-14H2,1-3H3,(H,23,24)(H,25,26). The molecule has 6 heteroatoms. The lowest BCUT2D eigenvalue weighted by atomic mass is 9.78. The van der Waals surface area contributed by atoms with Crippen molar-refractivity contribution < 1.29 is 14.6 Å². The highest BCUT2D eigenvalue weighted by atomic mass is 32.1. The predicted molar refractivity (Wildman–Crippen MR) is 113 cm³/mol. The number of hydrogen-bond donors (Lipinski definition) is 2. The molecule has 0 unspecified atom stereocenters. The second kappa shape index (κ2) is 8.44. The Morgan fingerprint density at radius 2 is 1.75 bits per heavy atom. The number of anilines is 1. The van der Waals surface area contributed by atoms with Crippen LogP contribution in [0.15, 0.2) is 54.6 Å². The number of aryl methyl sites for hydroxylation is 1. The number of benzene rings is 2. The first-order valence-corrected chi connectivity index (χ1v) is 9.93. The molecular weight excluding hydrogens is 372 g/mol. The Morgan fingerprint density at radius 3 is 2.36 bits per heavy atom. The number of carboxylic acid groups (broad SMARTS) is 1. The van der Waals surface area contributed by atoms with E-state index in [-0.39, 0.29) is 10.3 Å². The molecule has 1 heterocycles. The predicted octanol–water partition coefficient (Wildman–Crippen LogP) is 4.97. The molecular formula is C22H24N2O3S. The van der Waals surface area contributed by atoms with Crippen LogP contribution in [-0.4, -0.2) is 29.2 Å². The molecule has 2 aromatic carbocycles. The quantitative estimate of drug-likeness (QED) is 0.526. The van der Waals surface area contributed by atoms with Crippen molar-refractivity contribution in [2.75, 3.05) is 18.5 Å². The summed E-state index contributed by atoms with van der Waals surface area (Å²) in [6.07, 6.45) is 0. The van der Waals surface area contributed by atoms with Crippen LogP contribution in [0.25, 0.3) is 0 Å². The maximum absolute atomic E-state index is 11.1. The lowest BCUT2D eigenvalue weighted by molar-refractivity contribution is 0.0701. The Bertz CT molecular complexity index is 934. The first-order valence-electron chi connectivity index (χ1n) is 9.11. The third-order valence-electron chi connectivity index (χ3n) is 4.71. The zero-order valence-corrected chi connectivity index (χ0v) is 17.0. The number of hydrogen-bond acceptors (Lipinski definition) is 5. The van der Waals surface area contributed by atoms with E-state index in [1.807, 2.05) is 18.2 Å². The van der Waals surface area contributed by atoms with Gasteiger partial charge in [-0.15, -0.1) is 0 Å². The van der Waals surface area contributed by atoms with Crippen LogP contribution >= 0.6 is 11.3 Å². The molecule has 146 valence electrons. The molecule has 1 aromatic heterocycles. The highest BCUT2D eigenvalue weighted by molar-refractivity contribution is 7.17. The molecule has 0 bridgehead atoms. The normalized spacial score (nSPS) is 11.2. The average molecular weight is 397 g/mol. The van der Waals surface area contributed by atoms with Gasteiger partial charge in [-0.2, -0.15) is 0 Å². The van der Waals surface area contributed by atoms with Crippen molar-refractivity contribution >= 4 is 22.4 Å². The van der Waals surface area contributed by atoms with Crippen molar-refractivity contribution in [2.24, 2.45) is 0 Å². The number of aromatic nitrogens is 1. The van der Waals surface area contributed by atoms with Crippen molar-refractivity contribution in [1.29, 1.82) is 0 Å². The van der Waals surface area contributed by atoms with Gasteiger partial charge in [-0.1, -0.05) is 67.6 Å². The molecule has 0 saturated carbocycles. The summed E-state index contributed by atoms with van der Waals surface area (Å²) in [5.41, 5.74) is 2.94. The maximum atomic E-state index is 11.1. The Morgan fingerprint density at radius 1 is 1.11 bits per heavy atom. The monoisotopic (exact) mass is 396 g/mol. The van der Waals surface area contributed by atoms with Crippen LogP contribution in [0.1, 0.15) is 40.3 Å². The minimum atomic E-state index is -0.946. The molecule has 0 aliphatic rings. The largest absolute Gasteiger partial charge is 0.492 e. The van der Waals surface area contributed by atoms with Gasteiger partial charge >= 0.3 is 5.97 Å². The number of ether oxygens (including phenoxy) is 1. The van der Waals surface area contributed by atoms with E-state index >= 15 is 0 Å². The summed E-state index contributed by atoms with van der Waals surface area (Å²) in [4.78, 5) is 15.5. The average Bonchev–Trinajstić information content (AvgIpc) is 3.07. The smallest absolute Gasteiger partial charge is 0.347 e. The van der Waals surface area contributed by atoms with E-state index in [2.05, 4.69) is 60.5 Å². The summed E-state index contributed by atoms with van der Waals surface area (Å²) in [6.45, 7) is 7.12. The van der Waals surface area contributed by atoms with Gasteiger partial charge in [-0.3, -0.25) is 0 Å². The first-order chi connectivity index (χ1) is 13.4. The van der Waals surface area contributed by atoms with Crippen molar-refractivity contribution in [3.8, 4) is 5.75 Å². The van der Waals surface area contributed by atoms with Crippen molar-refractivity contribution in [3.63, 3.8) is 0 Å². The first kappa shape index (κ1) is 19.9. The number of thiazole rings is 1. The van der Waals surface area contributed by atoms with Crippen molar-refractivity contribution in [2.45, 2.75) is 26.2 Å². The minimum absolute atomic E-state index is 0.0775. The summed E-state index contributed by atoms with van der Waals surface area (Å²) in [6, 6.07) is 18.6. The van der Waals surface area contributed by atoms with Crippen LogP contribution in [0, 0.1) is 6.92 Å². The summed E-state index contributed by atoms with van der Waals surface area (Å²) in [5.74, 6) is -0.145. The number of nitrogens with zero attached hydrogens (tertiary/aromatic N) is 1. The molecule has 28 heavy (non-hydrogen) atoms. The summed E-state index contributed by atoms with van der Waals surface area (Å²) in [7, 11) is 0. The van der Waals surface area contributed by atoms with Gasteiger partial charge in [0, 0.05) is 5.41 Å². The van der Waals surface area contributed by atoms with E-state index in [0.29, 0.717) is 24.0 Å². The van der Waals surface area contributed by atoms with E-state index in [0.717, 1.165) is 17.1 Å². The van der Waals surface area contributed by atoms with E-state index in [4.69, 9.17) is 9.84 Å². The van der Waals surface area contributed by atoms with E-state index in [1.165, 1.54) is 11.1 Å². The third kappa shape index (κ3) is 4.51. The minimum Gasteiger partial charge on any atom is -0.492 e. The summed E-state index contributed by atoms with van der Waals surface area (Å²) >= 11 is 1.14. The number of carboxylic acids is 1. The Hall–Kier alpha value is -2.86. The molecule has 0 aliphatic carbocycles. The molecule has 0 aliphatic heterocycles. The maximum Gasteiger partial charge on any atom is 0.347 e. The van der Waals surface area contributed by atoms with Gasteiger partial charge < -0.3 is 15.2 Å². The fourth-order valence-corrected chi connectivity index (χ4v) is 3.82. The molecule has 0 fully saturated rings. The molecule has 0 radical (unpaired) electrons. The number of aromatic carboxylic acids is 1. The van der Waals surface area contributed by atoms with Crippen LogP contribution in [0.5, 0.6) is 5.75 Å². The van der Waals surface area contributed by atoms with Crippen LogP contribution < -0.4 is 10.1 Å². The fourth-order valence-electron chi connectivity index (χ4n) is 2.99. The van der Waals surface area contributed by atoms with Gasteiger partial charge in [-0.25, -0.2) is 9.78 Å². The second-order valence-electron chi connectivity index (χ2n) is 7.03. The Labute approximate surface area is 169 Å². The highest BCUT2D eigenvalue weighted by Crippen LogP contribution is 2.32. The molecule has 5 nitrogen and oxygen atoms in total. The molecule has 0 spiro atoms. The molecule has 3 rings (SSSR count). The number of rotatable bonds is 8.